The fourth-order valence-corrected chi connectivity index (χ4v) is 4.14. The van der Waals surface area contributed by atoms with Gasteiger partial charge < -0.3 is 4.90 Å². The standard InChI is InChI=1S/C21H21FIN3O/c22-17-5-1-3-15(11-17)7-8-19-13-20-14-25(9-10-26(20)24-19)21(27)16-4-2-6-18(23)12-16/h1-6,12-13,17H,7-11,14H2. The number of nitrogens with zero attached hydrogens (tertiary/aromatic N) is 3. The summed E-state index contributed by atoms with van der Waals surface area (Å²) in [7, 11) is 0. The molecule has 4 rings (SSSR count). The van der Waals surface area contributed by atoms with Crippen molar-refractivity contribution in [1.29, 1.82) is 0 Å². The Bertz CT molecular complexity index is 918. The Kier molecular flexibility index (Phi) is 5.43. The van der Waals surface area contributed by atoms with Gasteiger partial charge in [0.2, 0.25) is 0 Å². The van der Waals surface area contributed by atoms with Crippen molar-refractivity contribution in [3.63, 3.8) is 0 Å². The van der Waals surface area contributed by atoms with Gasteiger partial charge in [0, 0.05) is 22.1 Å². The highest BCUT2D eigenvalue weighted by Gasteiger charge is 2.23. The molecule has 1 aliphatic heterocycles. The molecule has 0 spiro atoms. The first-order chi connectivity index (χ1) is 13.1. The lowest BCUT2D eigenvalue weighted by Gasteiger charge is -2.27. The van der Waals surface area contributed by atoms with E-state index in [9.17, 15) is 9.18 Å². The van der Waals surface area contributed by atoms with Gasteiger partial charge in [0.1, 0.15) is 6.17 Å². The number of aryl methyl sites for hydroxylation is 1. The normalized spacial score (nSPS) is 19.0. The minimum Gasteiger partial charge on any atom is -0.331 e. The maximum absolute atomic E-state index is 13.4. The molecule has 6 heteroatoms. The molecule has 1 aromatic carbocycles. The van der Waals surface area contributed by atoms with Gasteiger partial charge in [-0.2, -0.15) is 5.10 Å². The summed E-state index contributed by atoms with van der Waals surface area (Å²) in [5.74, 6) is 0.0654. The van der Waals surface area contributed by atoms with Crippen molar-refractivity contribution in [3.05, 3.63) is 74.7 Å². The molecule has 1 aromatic heterocycles. The number of alkyl halides is 1. The van der Waals surface area contributed by atoms with Crippen LogP contribution in [0, 0.1) is 3.57 Å². The van der Waals surface area contributed by atoms with E-state index in [0.29, 0.717) is 26.1 Å². The molecule has 1 unspecified atom stereocenters. The third-order valence-electron chi connectivity index (χ3n) is 5.02. The molecule has 4 nitrogen and oxygen atoms in total. The predicted octanol–water partition coefficient (Wildman–Crippen LogP) is 4.30. The van der Waals surface area contributed by atoms with E-state index in [-0.39, 0.29) is 5.91 Å². The summed E-state index contributed by atoms with van der Waals surface area (Å²) in [4.78, 5) is 14.7. The van der Waals surface area contributed by atoms with E-state index in [1.54, 1.807) is 12.2 Å². The molecule has 27 heavy (non-hydrogen) atoms. The van der Waals surface area contributed by atoms with Crippen molar-refractivity contribution < 1.29 is 9.18 Å². The molecule has 2 heterocycles. The van der Waals surface area contributed by atoms with Crippen LogP contribution in [0.1, 0.15) is 34.6 Å². The molecule has 2 aliphatic rings. The van der Waals surface area contributed by atoms with Crippen molar-refractivity contribution in [3.8, 4) is 0 Å². The third kappa shape index (κ3) is 4.31. The quantitative estimate of drug-likeness (QED) is 0.617. The van der Waals surface area contributed by atoms with Gasteiger partial charge >= 0.3 is 0 Å². The van der Waals surface area contributed by atoms with Crippen LogP contribution in [0.25, 0.3) is 0 Å². The maximum Gasteiger partial charge on any atom is 0.254 e. The van der Waals surface area contributed by atoms with Gasteiger partial charge in [-0.1, -0.05) is 29.9 Å². The summed E-state index contributed by atoms with van der Waals surface area (Å²) in [5.41, 5.74) is 3.94. The van der Waals surface area contributed by atoms with Crippen molar-refractivity contribution >= 4 is 28.5 Å². The first-order valence-electron chi connectivity index (χ1n) is 9.19. The second kappa shape index (κ2) is 7.96. The van der Waals surface area contributed by atoms with Gasteiger partial charge in [-0.25, -0.2) is 4.39 Å². The van der Waals surface area contributed by atoms with E-state index in [0.717, 1.165) is 38.9 Å². The first kappa shape index (κ1) is 18.4. The van der Waals surface area contributed by atoms with Gasteiger partial charge in [-0.3, -0.25) is 9.48 Å². The van der Waals surface area contributed by atoms with Crippen LogP contribution in [0.3, 0.4) is 0 Å². The molecule has 0 bridgehead atoms. The minimum atomic E-state index is -0.860. The summed E-state index contributed by atoms with van der Waals surface area (Å²) >= 11 is 2.22. The summed E-state index contributed by atoms with van der Waals surface area (Å²) in [6.45, 7) is 1.95. The van der Waals surface area contributed by atoms with E-state index in [4.69, 9.17) is 0 Å². The third-order valence-corrected chi connectivity index (χ3v) is 5.69. The topological polar surface area (TPSA) is 38.1 Å². The number of hydrogen-bond acceptors (Lipinski definition) is 2. The Morgan fingerprint density at radius 2 is 2.15 bits per heavy atom. The number of halogens is 2. The molecule has 1 amide bonds. The Balaban J connectivity index is 1.41. The first-order valence-corrected chi connectivity index (χ1v) is 10.3. The average Bonchev–Trinajstić information content (AvgIpc) is 3.08. The zero-order chi connectivity index (χ0) is 18.8. The lowest BCUT2D eigenvalue weighted by atomic mass is 9.98. The number of benzene rings is 1. The van der Waals surface area contributed by atoms with Crippen LogP contribution >= 0.6 is 22.6 Å². The van der Waals surface area contributed by atoms with Crippen LogP contribution in [0.2, 0.25) is 0 Å². The number of hydrogen-bond donors (Lipinski definition) is 0. The highest BCUT2D eigenvalue weighted by molar-refractivity contribution is 14.1. The van der Waals surface area contributed by atoms with Gasteiger partial charge in [-0.05, 0) is 59.7 Å². The van der Waals surface area contributed by atoms with Gasteiger partial charge in [0.05, 0.1) is 24.5 Å². The Morgan fingerprint density at radius 3 is 2.96 bits per heavy atom. The average molecular weight is 477 g/mol. The summed E-state index contributed by atoms with van der Waals surface area (Å²) in [5, 5.41) is 4.67. The molecule has 140 valence electrons. The Hall–Kier alpha value is -1.96. The lowest BCUT2D eigenvalue weighted by Crippen LogP contribution is -2.38. The number of rotatable bonds is 4. The molecule has 0 fully saturated rings. The smallest absolute Gasteiger partial charge is 0.254 e. The van der Waals surface area contributed by atoms with Crippen LogP contribution in [0.15, 0.2) is 54.1 Å². The zero-order valence-electron chi connectivity index (χ0n) is 14.9. The molecule has 0 saturated heterocycles. The van der Waals surface area contributed by atoms with Crippen LogP contribution in [0.5, 0.6) is 0 Å². The highest BCUT2D eigenvalue weighted by Crippen LogP contribution is 2.22. The molecule has 2 aromatic rings. The number of carbonyl (C=O) groups excluding carboxylic acids is 1. The summed E-state index contributed by atoms with van der Waals surface area (Å²) < 4.78 is 16.5. The Labute approximate surface area is 171 Å². The monoisotopic (exact) mass is 477 g/mol. The SMILES string of the molecule is O=C(c1cccc(I)c1)N1CCn2nc(CCC3=CC=CC(F)C3)cc2C1. The second-order valence-electron chi connectivity index (χ2n) is 7.02. The van der Waals surface area contributed by atoms with Crippen molar-refractivity contribution in [2.75, 3.05) is 6.54 Å². The number of amides is 1. The van der Waals surface area contributed by atoms with Gasteiger partial charge in [-0.15, -0.1) is 0 Å². The largest absolute Gasteiger partial charge is 0.331 e. The summed E-state index contributed by atoms with van der Waals surface area (Å²) in [6, 6.07) is 9.77. The van der Waals surface area contributed by atoms with Crippen LogP contribution < -0.4 is 0 Å². The minimum absolute atomic E-state index is 0.0654. The molecule has 1 aliphatic carbocycles. The van der Waals surface area contributed by atoms with Gasteiger partial charge in [0.15, 0.2) is 0 Å². The highest BCUT2D eigenvalue weighted by atomic mass is 127. The summed E-state index contributed by atoms with van der Waals surface area (Å²) in [6.07, 6.45) is 6.66. The molecule has 0 radical (unpaired) electrons. The number of aromatic nitrogens is 2. The molecular formula is C21H21FIN3O. The second-order valence-corrected chi connectivity index (χ2v) is 8.26. The van der Waals surface area contributed by atoms with E-state index >= 15 is 0 Å². The molecule has 0 N–H and O–H groups in total. The van der Waals surface area contributed by atoms with E-state index in [1.807, 2.05) is 39.9 Å². The fourth-order valence-electron chi connectivity index (χ4n) is 3.60. The van der Waals surface area contributed by atoms with Crippen molar-refractivity contribution in [2.45, 2.75) is 38.5 Å². The zero-order valence-corrected chi connectivity index (χ0v) is 17.1. The van der Waals surface area contributed by atoms with Crippen molar-refractivity contribution in [2.24, 2.45) is 0 Å². The van der Waals surface area contributed by atoms with E-state index in [2.05, 4.69) is 33.8 Å². The lowest BCUT2D eigenvalue weighted by molar-refractivity contribution is 0.0706. The Morgan fingerprint density at radius 1 is 1.26 bits per heavy atom. The van der Waals surface area contributed by atoms with Crippen molar-refractivity contribution in [1.82, 2.24) is 14.7 Å². The van der Waals surface area contributed by atoms with E-state index < -0.39 is 6.17 Å². The fraction of sp³-hybridized carbons (Fsp3) is 0.333. The van der Waals surface area contributed by atoms with E-state index in [1.165, 1.54) is 0 Å². The molecule has 0 saturated carbocycles. The van der Waals surface area contributed by atoms with Crippen LogP contribution in [-0.2, 0) is 19.5 Å². The van der Waals surface area contributed by atoms with Crippen LogP contribution in [0.4, 0.5) is 4.39 Å². The maximum atomic E-state index is 13.4. The van der Waals surface area contributed by atoms with Gasteiger partial charge in [0.25, 0.3) is 5.91 Å². The number of carbonyl (C=O) groups is 1. The number of allylic oxidation sites excluding steroid dienone is 4. The molecular weight excluding hydrogens is 456 g/mol. The molecule has 1 atom stereocenters. The number of fused-ring (bicyclic) bond motifs is 1. The van der Waals surface area contributed by atoms with Crippen LogP contribution in [-0.4, -0.2) is 33.3 Å². The predicted molar refractivity (Wildman–Crippen MR) is 111 cm³/mol.